The van der Waals surface area contributed by atoms with Gasteiger partial charge in [0.2, 0.25) is 3.79 Å². The van der Waals surface area contributed by atoms with Crippen molar-refractivity contribution in [3.05, 3.63) is 12.2 Å². The molecule has 0 unspecified atom stereocenters. The van der Waals surface area contributed by atoms with Crippen molar-refractivity contribution < 1.29 is 19.4 Å². The number of alkyl halides is 3. The van der Waals surface area contributed by atoms with Gasteiger partial charge in [-0.25, -0.2) is 9.59 Å². The lowest BCUT2D eigenvalue weighted by Crippen LogP contribution is -2.44. The summed E-state index contributed by atoms with van der Waals surface area (Å²) in [6, 6.07) is 0. The van der Waals surface area contributed by atoms with E-state index >= 15 is 0 Å². The number of halogens is 3. The zero-order chi connectivity index (χ0) is 14.4. The molecule has 1 amide bonds. The van der Waals surface area contributed by atoms with Gasteiger partial charge in [-0.1, -0.05) is 40.9 Å². The second-order valence-electron chi connectivity index (χ2n) is 4.14. The standard InChI is InChI=1S/C10H14Cl3NO4/c1-9(2,5-3-4-7(15)16)14-8(17)18-6-10(11,12)13/h3-4H,5-6H2,1-2H3,(H,14,17)(H,15,16)/b4-3+. The third-order valence-electron chi connectivity index (χ3n) is 1.70. The molecule has 0 saturated heterocycles. The molecule has 0 rings (SSSR count). The quantitative estimate of drug-likeness (QED) is 0.603. The number of aliphatic carboxylic acids is 1. The Morgan fingerprint density at radius 3 is 2.33 bits per heavy atom. The fraction of sp³-hybridized carbons (Fsp3) is 0.600. The highest BCUT2D eigenvalue weighted by atomic mass is 35.6. The smallest absolute Gasteiger partial charge is 0.407 e. The molecular weight excluding hydrogens is 304 g/mol. The Hall–Kier alpha value is -0.650. The van der Waals surface area contributed by atoms with Gasteiger partial charge < -0.3 is 15.2 Å². The first-order valence-corrected chi connectivity index (χ1v) is 6.06. The minimum Gasteiger partial charge on any atom is -0.478 e. The topological polar surface area (TPSA) is 75.6 Å². The number of carbonyl (C=O) groups is 2. The molecule has 0 radical (unpaired) electrons. The lowest BCUT2D eigenvalue weighted by Gasteiger charge is -2.24. The van der Waals surface area contributed by atoms with Gasteiger partial charge >= 0.3 is 12.1 Å². The second-order valence-corrected chi connectivity index (χ2v) is 6.66. The monoisotopic (exact) mass is 317 g/mol. The molecule has 0 aromatic rings. The maximum Gasteiger partial charge on any atom is 0.407 e. The Labute approximate surface area is 120 Å². The van der Waals surface area contributed by atoms with E-state index in [-0.39, 0.29) is 6.61 Å². The summed E-state index contributed by atoms with van der Waals surface area (Å²) < 4.78 is 3.02. The molecule has 0 heterocycles. The Morgan fingerprint density at radius 1 is 1.33 bits per heavy atom. The summed E-state index contributed by atoms with van der Waals surface area (Å²) in [5.74, 6) is -1.05. The summed E-state index contributed by atoms with van der Waals surface area (Å²) in [4.78, 5) is 21.6. The summed E-state index contributed by atoms with van der Waals surface area (Å²) in [5.41, 5.74) is -0.670. The number of hydrogen-bond acceptors (Lipinski definition) is 3. The molecule has 0 aliphatic rings. The molecule has 0 atom stereocenters. The van der Waals surface area contributed by atoms with Crippen molar-refractivity contribution in [1.82, 2.24) is 5.32 Å². The normalized spacial score (nSPS) is 12.5. The van der Waals surface area contributed by atoms with Crippen molar-refractivity contribution in [2.75, 3.05) is 6.61 Å². The van der Waals surface area contributed by atoms with Crippen molar-refractivity contribution >= 4 is 46.9 Å². The van der Waals surface area contributed by atoms with Crippen LogP contribution in [0, 0.1) is 0 Å². The fourth-order valence-electron chi connectivity index (χ4n) is 0.965. The summed E-state index contributed by atoms with van der Waals surface area (Å²) in [6.45, 7) is 3.04. The van der Waals surface area contributed by atoms with Gasteiger partial charge in [0.15, 0.2) is 0 Å². The van der Waals surface area contributed by atoms with E-state index in [1.165, 1.54) is 6.08 Å². The highest BCUT2D eigenvalue weighted by molar-refractivity contribution is 6.67. The van der Waals surface area contributed by atoms with E-state index < -0.39 is 21.4 Å². The average Bonchev–Trinajstić information content (AvgIpc) is 2.11. The summed E-state index contributed by atoms with van der Waals surface area (Å²) >= 11 is 16.2. The van der Waals surface area contributed by atoms with E-state index in [4.69, 9.17) is 39.9 Å². The summed E-state index contributed by atoms with van der Waals surface area (Å²) in [6.07, 6.45) is 2.01. The van der Waals surface area contributed by atoms with Crippen molar-refractivity contribution in [3.63, 3.8) is 0 Å². The van der Waals surface area contributed by atoms with E-state index in [2.05, 4.69) is 10.1 Å². The van der Waals surface area contributed by atoms with Gasteiger partial charge in [0.05, 0.1) is 0 Å². The van der Waals surface area contributed by atoms with E-state index in [0.29, 0.717) is 6.42 Å². The summed E-state index contributed by atoms with van der Waals surface area (Å²) in [5, 5.41) is 10.9. The van der Waals surface area contributed by atoms with Crippen molar-refractivity contribution in [1.29, 1.82) is 0 Å². The molecule has 0 aromatic heterocycles. The Morgan fingerprint density at radius 2 is 1.89 bits per heavy atom. The molecule has 0 aliphatic carbocycles. The number of carboxylic acid groups (broad SMARTS) is 1. The first-order valence-electron chi connectivity index (χ1n) is 4.93. The molecule has 8 heteroatoms. The van der Waals surface area contributed by atoms with Crippen LogP contribution < -0.4 is 5.32 Å². The first-order chi connectivity index (χ1) is 8.02. The van der Waals surface area contributed by atoms with Gasteiger partial charge in [0, 0.05) is 11.6 Å². The van der Waals surface area contributed by atoms with E-state index in [1.807, 2.05) is 0 Å². The van der Waals surface area contributed by atoms with Crippen LogP contribution in [0.2, 0.25) is 0 Å². The molecule has 104 valence electrons. The molecule has 0 bridgehead atoms. The van der Waals surface area contributed by atoms with Gasteiger partial charge in [-0.3, -0.25) is 0 Å². The van der Waals surface area contributed by atoms with E-state index in [1.54, 1.807) is 13.8 Å². The number of ether oxygens (including phenoxy) is 1. The van der Waals surface area contributed by atoms with Crippen LogP contribution in [0.15, 0.2) is 12.2 Å². The van der Waals surface area contributed by atoms with E-state index in [0.717, 1.165) is 6.08 Å². The third-order valence-corrected chi connectivity index (χ3v) is 2.02. The molecule has 5 nitrogen and oxygen atoms in total. The zero-order valence-corrected chi connectivity index (χ0v) is 12.1. The molecule has 2 N–H and O–H groups in total. The minimum atomic E-state index is -1.66. The van der Waals surface area contributed by atoms with Crippen molar-refractivity contribution in [2.45, 2.75) is 29.6 Å². The number of nitrogens with one attached hydrogen (secondary N) is 1. The number of amides is 1. The van der Waals surface area contributed by atoms with Crippen LogP contribution in [0.25, 0.3) is 0 Å². The fourth-order valence-corrected chi connectivity index (χ4v) is 1.13. The zero-order valence-electron chi connectivity index (χ0n) is 9.87. The molecule has 0 fully saturated rings. The van der Waals surface area contributed by atoms with Crippen LogP contribution in [0.1, 0.15) is 20.3 Å². The van der Waals surface area contributed by atoms with Gasteiger partial charge in [0.25, 0.3) is 0 Å². The number of rotatable bonds is 5. The Kier molecular flexibility index (Phi) is 6.81. The molecular formula is C10H14Cl3NO4. The highest BCUT2D eigenvalue weighted by Crippen LogP contribution is 2.26. The predicted molar refractivity (Wildman–Crippen MR) is 70.2 cm³/mol. The molecule has 0 spiro atoms. The number of hydrogen-bond donors (Lipinski definition) is 2. The van der Waals surface area contributed by atoms with Crippen LogP contribution in [-0.4, -0.2) is 33.1 Å². The second kappa shape index (κ2) is 7.07. The van der Waals surface area contributed by atoms with Crippen LogP contribution >= 0.6 is 34.8 Å². The largest absolute Gasteiger partial charge is 0.478 e. The Bertz CT molecular complexity index is 337. The SMILES string of the molecule is CC(C)(C/C=C/C(=O)O)NC(=O)OCC(Cl)(Cl)Cl. The van der Waals surface area contributed by atoms with Gasteiger partial charge in [-0.05, 0) is 20.3 Å². The molecule has 0 aromatic carbocycles. The number of carboxylic acids is 1. The molecule has 0 saturated carbocycles. The lowest BCUT2D eigenvalue weighted by atomic mass is 10.0. The molecule has 0 aliphatic heterocycles. The lowest BCUT2D eigenvalue weighted by molar-refractivity contribution is -0.131. The molecule has 18 heavy (non-hydrogen) atoms. The predicted octanol–water partition coefficient (Wildman–Crippen LogP) is 2.89. The number of carbonyl (C=O) groups excluding carboxylic acids is 1. The number of alkyl carbamates (subject to hydrolysis) is 1. The maximum absolute atomic E-state index is 11.4. The average molecular weight is 319 g/mol. The van der Waals surface area contributed by atoms with Gasteiger partial charge in [-0.2, -0.15) is 0 Å². The van der Waals surface area contributed by atoms with Crippen LogP contribution in [0.3, 0.4) is 0 Å². The maximum atomic E-state index is 11.4. The van der Waals surface area contributed by atoms with E-state index in [9.17, 15) is 9.59 Å². The Balaban J connectivity index is 4.15. The van der Waals surface area contributed by atoms with Crippen molar-refractivity contribution in [3.8, 4) is 0 Å². The van der Waals surface area contributed by atoms with Crippen LogP contribution in [0.5, 0.6) is 0 Å². The first kappa shape index (κ1) is 17.4. The van der Waals surface area contributed by atoms with Gasteiger partial charge in [0.1, 0.15) is 6.61 Å². The van der Waals surface area contributed by atoms with Crippen LogP contribution in [0.4, 0.5) is 4.79 Å². The highest BCUT2D eigenvalue weighted by Gasteiger charge is 2.25. The minimum absolute atomic E-state index is 0.322. The summed E-state index contributed by atoms with van der Waals surface area (Å²) in [7, 11) is 0. The van der Waals surface area contributed by atoms with Gasteiger partial charge in [-0.15, -0.1) is 0 Å². The van der Waals surface area contributed by atoms with Crippen LogP contribution in [-0.2, 0) is 9.53 Å². The third kappa shape index (κ3) is 10.5. The van der Waals surface area contributed by atoms with Crippen molar-refractivity contribution in [2.24, 2.45) is 0 Å².